The number of nitrogens with zero attached hydrogens (tertiary/aromatic N) is 2. The van der Waals surface area contributed by atoms with Gasteiger partial charge in [-0.25, -0.2) is 9.97 Å². The summed E-state index contributed by atoms with van der Waals surface area (Å²) >= 11 is 0. The number of hydrogen-bond donors (Lipinski definition) is 0. The summed E-state index contributed by atoms with van der Waals surface area (Å²) in [7, 11) is 1.60. The molecule has 0 aliphatic carbocycles. The molecule has 2 heterocycles. The number of rotatable bonds is 2. The Morgan fingerprint density at radius 3 is 2.60 bits per heavy atom. The van der Waals surface area contributed by atoms with E-state index in [-0.39, 0.29) is 0 Å². The van der Waals surface area contributed by atoms with E-state index in [4.69, 9.17) is 9.15 Å². The Morgan fingerprint density at radius 2 is 2.07 bits per heavy atom. The highest BCUT2D eigenvalue weighted by Gasteiger charge is 2.08. The van der Waals surface area contributed by atoms with E-state index in [0.717, 1.165) is 17.0 Å². The standard InChI is InChI=1S/C11H12N2O2/c1-7-9(4-5-11(13-7)14-3)10-6-12-8(2)15-10/h4-6H,1-3H3. The molecule has 4 nitrogen and oxygen atoms in total. The van der Waals surface area contributed by atoms with Crippen LogP contribution in [0.3, 0.4) is 0 Å². The first-order valence-electron chi connectivity index (χ1n) is 4.65. The summed E-state index contributed by atoms with van der Waals surface area (Å²) in [5.74, 6) is 1.99. The maximum Gasteiger partial charge on any atom is 0.213 e. The van der Waals surface area contributed by atoms with E-state index < -0.39 is 0 Å². The topological polar surface area (TPSA) is 48.2 Å². The molecule has 0 aliphatic heterocycles. The lowest BCUT2D eigenvalue weighted by atomic mass is 10.2. The zero-order valence-corrected chi connectivity index (χ0v) is 8.94. The molecule has 2 aromatic rings. The van der Waals surface area contributed by atoms with Gasteiger partial charge in [0.05, 0.1) is 19.0 Å². The molecule has 78 valence electrons. The zero-order valence-electron chi connectivity index (χ0n) is 8.94. The van der Waals surface area contributed by atoms with Gasteiger partial charge in [0.15, 0.2) is 11.7 Å². The molecule has 0 unspecified atom stereocenters. The van der Waals surface area contributed by atoms with E-state index in [1.165, 1.54) is 0 Å². The van der Waals surface area contributed by atoms with Crippen molar-refractivity contribution in [2.45, 2.75) is 13.8 Å². The Morgan fingerprint density at radius 1 is 1.27 bits per heavy atom. The number of aromatic nitrogens is 2. The molecule has 2 aromatic heterocycles. The van der Waals surface area contributed by atoms with Crippen molar-refractivity contribution >= 4 is 0 Å². The van der Waals surface area contributed by atoms with Crippen LogP contribution in [-0.4, -0.2) is 17.1 Å². The second-order valence-corrected chi connectivity index (χ2v) is 3.23. The van der Waals surface area contributed by atoms with Crippen molar-refractivity contribution in [1.82, 2.24) is 9.97 Å². The highest BCUT2D eigenvalue weighted by molar-refractivity contribution is 5.59. The van der Waals surface area contributed by atoms with Crippen molar-refractivity contribution in [3.05, 3.63) is 29.9 Å². The molecule has 2 rings (SSSR count). The Bertz CT molecular complexity index is 477. The lowest BCUT2D eigenvalue weighted by Gasteiger charge is -2.03. The van der Waals surface area contributed by atoms with Crippen molar-refractivity contribution in [1.29, 1.82) is 0 Å². The predicted molar refractivity (Wildman–Crippen MR) is 55.8 cm³/mol. The lowest BCUT2D eigenvalue weighted by Crippen LogP contribution is -1.91. The maximum absolute atomic E-state index is 5.43. The zero-order chi connectivity index (χ0) is 10.8. The Hall–Kier alpha value is -1.84. The minimum Gasteiger partial charge on any atom is -0.481 e. The van der Waals surface area contributed by atoms with Gasteiger partial charge in [0.1, 0.15) is 0 Å². The molecule has 15 heavy (non-hydrogen) atoms. The van der Waals surface area contributed by atoms with Gasteiger partial charge >= 0.3 is 0 Å². The second kappa shape index (κ2) is 3.73. The number of hydrogen-bond acceptors (Lipinski definition) is 4. The highest BCUT2D eigenvalue weighted by Crippen LogP contribution is 2.24. The molecule has 0 aromatic carbocycles. The van der Waals surface area contributed by atoms with E-state index in [1.54, 1.807) is 19.4 Å². The van der Waals surface area contributed by atoms with E-state index >= 15 is 0 Å². The number of methoxy groups -OCH3 is 1. The summed E-state index contributed by atoms with van der Waals surface area (Å²) in [6.45, 7) is 3.73. The molecular weight excluding hydrogens is 192 g/mol. The van der Waals surface area contributed by atoms with Gasteiger partial charge in [0.25, 0.3) is 0 Å². The summed E-state index contributed by atoms with van der Waals surface area (Å²) in [6.07, 6.45) is 1.70. The van der Waals surface area contributed by atoms with Crippen LogP contribution in [0.1, 0.15) is 11.6 Å². The van der Waals surface area contributed by atoms with Gasteiger partial charge in [0, 0.05) is 18.6 Å². The maximum atomic E-state index is 5.43. The molecule has 0 spiro atoms. The van der Waals surface area contributed by atoms with Gasteiger partial charge in [-0.1, -0.05) is 0 Å². The van der Waals surface area contributed by atoms with E-state index in [9.17, 15) is 0 Å². The predicted octanol–water partition coefficient (Wildman–Crippen LogP) is 2.36. The minimum atomic E-state index is 0.604. The molecule has 0 bridgehead atoms. The fourth-order valence-corrected chi connectivity index (χ4v) is 1.40. The van der Waals surface area contributed by atoms with E-state index in [2.05, 4.69) is 9.97 Å². The van der Waals surface area contributed by atoms with Crippen LogP contribution in [0.15, 0.2) is 22.7 Å². The minimum absolute atomic E-state index is 0.604. The largest absolute Gasteiger partial charge is 0.481 e. The number of ether oxygens (including phenoxy) is 1. The van der Waals surface area contributed by atoms with Crippen LogP contribution in [0.5, 0.6) is 5.88 Å². The summed E-state index contributed by atoms with van der Waals surface area (Å²) in [6, 6.07) is 3.72. The van der Waals surface area contributed by atoms with Crippen LogP contribution < -0.4 is 4.74 Å². The van der Waals surface area contributed by atoms with Gasteiger partial charge in [-0.3, -0.25) is 0 Å². The van der Waals surface area contributed by atoms with Gasteiger partial charge in [0.2, 0.25) is 5.88 Å². The summed E-state index contributed by atoms with van der Waals surface area (Å²) < 4.78 is 10.5. The molecule has 0 radical (unpaired) electrons. The first-order chi connectivity index (χ1) is 7.20. The fourth-order valence-electron chi connectivity index (χ4n) is 1.40. The van der Waals surface area contributed by atoms with Crippen molar-refractivity contribution in [3.8, 4) is 17.2 Å². The van der Waals surface area contributed by atoms with Crippen LogP contribution in [0.25, 0.3) is 11.3 Å². The van der Waals surface area contributed by atoms with Gasteiger partial charge in [-0.2, -0.15) is 0 Å². The summed E-state index contributed by atoms with van der Waals surface area (Å²) in [5.41, 5.74) is 1.81. The summed E-state index contributed by atoms with van der Waals surface area (Å²) in [4.78, 5) is 8.32. The van der Waals surface area contributed by atoms with E-state index in [0.29, 0.717) is 11.8 Å². The Labute approximate surface area is 87.9 Å². The Balaban J connectivity index is 2.45. The van der Waals surface area contributed by atoms with Crippen molar-refractivity contribution in [2.75, 3.05) is 7.11 Å². The van der Waals surface area contributed by atoms with Crippen LogP contribution in [0, 0.1) is 13.8 Å². The third kappa shape index (κ3) is 1.83. The molecular formula is C11H12N2O2. The van der Waals surface area contributed by atoms with Gasteiger partial charge in [-0.15, -0.1) is 0 Å². The van der Waals surface area contributed by atoms with Crippen LogP contribution in [0.2, 0.25) is 0 Å². The van der Waals surface area contributed by atoms with Crippen LogP contribution in [0.4, 0.5) is 0 Å². The number of oxazole rings is 1. The highest BCUT2D eigenvalue weighted by atomic mass is 16.5. The summed E-state index contributed by atoms with van der Waals surface area (Å²) in [5, 5.41) is 0. The van der Waals surface area contributed by atoms with Crippen LogP contribution in [-0.2, 0) is 0 Å². The van der Waals surface area contributed by atoms with Crippen molar-refractivity contribution in [2.24, 2.45) is 0 Å². The average molecular weight is 204 g/mol. The molecule has 0 saturated heterocycles. The SMILES string of the molecule is COc1ccc(-c2cnc(C)o2)c(C)n1. The second-order valence-electron chi connectivity index (χ2n) is 3.23. The first kappa shape index (κ1) is 9.71. The quantitative estimate of drug-likeness (QED) is 0.753. The smallest absolute Gasteiger partial charge is 0.213 e. The molecule has 4 heteroatoms. The first-order valence-corrected chi connectivity index (χ1v) is 4.65. The molecule has 0 aliphatic rings. The third-order valence-electron chi connectivity index (χ3n) is 2.16. The molecule has 0 atom stereocenters. The monoisotopic (exact) mass is 204 g/mol. The van der Waals surface area contributed by atoms with Gasteiger partial charge < -0.3 is 9.15 Å². The third-order valence-corrected chi connectivity index (χ3v) is 2.16. The average Bonchev–Trinajstić information content (AvgIpc) is 2.64. The number of pyridine rings is 1. The molecule has 0 fully saturated rings. The fraction of sp³-hybridized carbons (Fsp3) is 0.273. The lowest BCUT2D eigenvalue weighted by molar-refractivity contribution is 0.397. The normalized spacial score (nSPS) is 10.3. The van der Waals surface area contributed by atoms with Gasteiger partial charge in [-0.05, 0) is 13.0 Å². The Kier molecular flexibility index (Phi) is 2.41. The molecule has 0 amide bonds. The molecule has 0 N–H and O–H groups in total. The van der Waals surface area contributed by atoms with Crippen molar-refractivity contribution in [3.63, 3.8) is 0 Å². The molecule has 0 saturated carbocycles. The van der Waals surface area contributed by atoms with E-state index in [1.807, 2.05) is 19.9 Å². The number of aryl methyl sites for hydroxylation is 2. The van der Waals surface area contributed by atoms with Crippen LogP contribution >= 0.6 is 0 Å². The van der Waals surface area contributed by atoms with Crippen molar-refractivity contribution < 1.29 is 9.15 Å².